The predicted molar refractivity (Wildman–Crippen MR) is 76.3 cm³/mol. The van der Waals surface area contributed by atoms with Crippen LogP contribution in [0.15, 0.2) is 24.3 Å². The van der Waals surface area contributed by atoms with Crippen LogP contribution >= 0.6 is 12.2 Å². The molecule has 1 aromatic rings. The van der Waals surface area contributed by atoms with Crippen LogP contribution in [-0.4, -0.2) is 43.9 Å². The molecule has 1 saturated heterocycles. The Hall–Kier alpha value is -1.66. The van der Waals surface area contributed by atoms with Crippen molar-refractivity contribution >= 4 is 28.9 Å². The number of ether oxygens (including phenoxy) is 2. The summed E-state index contributed by atoms with van der Waals surface area (Å²) in [6.07, 6.45) is 0. The fourth-order valence-electron chi connectivity index (χ4n) is 2.16. The monoisotopic (exact) mass is 280 g/mol. The third-order valence-corrected chi connectivity index (χ3v) is 3.30. The van der Waals surface area contributed by atoms with Crippen molar-refractivity contribution in [1.82, 2.24) is 0 Å². The van der Waals surface area contributed by atoms with Gasteiger partial charge in [-0.15, -0.1) is 0 Å². The quantitative estimate of drug-likeness (QED) is 0.649. The Morgan fingerprint density at radius 3 is 2.95 bits per heavy atom. The summed E-state index contributed by atoms with van der Waals surface area (Å²) in [5.74, 6) is -0.322. The average Bonchev–Trinajstić information content (AvgIpc) is 2.46. The van der Waals surface area contributed by atoms with Crippen molar-refractivity contribution in [1.29, 1.82) is 0 Å². The molecule has 2 N–H and O–H groups in total. The van der Waals surface area contributed by atoms with E-state index in [0.717, 1.165) is 11.3 Å². The Kier molecular flexibility index (Phi) is 4.34. The van der Waals surface area contributed by atoms with Gasteiger partial charge < -0.3 is 20.1 Å². The minimum absolute atomic E-state index is 0.304. The molecule has 0 aromatic heterocycles. The summed E-state index contributed by atoms with van der Waals surface area (Å²) < 4.78 is 10.2. The molecule has 1 fully saturated rings. The van der Waals surface area contributed by atoms with Crippen molar-refractivity contribution in [3.8, 4) is 0 Å². The van der Waals surface area contributed by atoms with Crippen LogP contribution in [0.5, 0.6) is 0 Å². The summed E-state index contributed by atoms with van der Waals surface area (Å²) in [5, 5.41) is 0. The molecular weight excluding hydrogens is 264 g/mol. The Morgan fingerprint density at radius 1 is 1.53 bits per heavy atom. The van der Waals surface area contributed by atoms with Crippen molar-refractivity contribution in [3.63, 3.8) is 0 Å². The first-order valence-electron chi connectivity index (χ1n) is 5.96. The second kappa shape index (κ2) is 5.99. The second-order valence-corrected chi connectivity index (χ2v) is 4.63. The number of rotatable bonds is 3. The summed E-state index contributed by atoms with van der Waals surface area (Å²) in [4.78, 5) is 14.1. The van der Waals surface area contributed by atoms with Crippen LogP contribution in [0.1, 0.15) is 5.56 Å². The lowest BCUT2D eigenvalue weighted by molar-refractivity contribution is -0.144. The number of methoxy groups -OCH3 is 1. The summed E-state index contributed by atoms with van der Waals surface area (Å²) in [5.41, 5.74) is 7.33. The van der Waals surface area contributed by atoms with Crippen molar-refractivity contribution in [2.24, 2.45) is 5.73 Å². The largest absolute Gasteiger partial charge is 0.467 e. The molecule has 0 amide bonds. The number of anilines is 1. The van der Waals surface area contributed by atoms with Crippen LogP contribution in [0.3, 0.4) is 0 Å². The molecule has 102 valence electrons. The van der Waals surface area contributed by atoms with E-state index in [1.807, 2.05) is 29.2 Å². The van der Waals surface area contributed by atoms with Gasteiger partial charge in [-0.1, -0.05) is 24.4 Å². The molecular formula is C13H16N2O3S. The lowest BCUT2D eigenvalue weighted by atomic mass is 10.1. The molecule has 19 heavy (non-hydrogen) atoms. The number of carbonyl (C=O) groups is 1. The first kappa shape index (κ1) is 13.8. The predicted octanol–water partition coefficient (Wildman–Crippen LogP) is 0.699. The van der Waals surface area contributed by atoms with Crippen LogP contribution in [0.25, 0.3) is 0 Å². The molecule has 0 bridgehead atoms. The molecule has 0 aliphatic carbocycles. The van der Waals surface area contributed by atoms with Gasteiger partial charge in [0, 0.05) is 17.8 Å². The SMILES string of the molecule is COC(=O)C1COCCN1c1ccccc1C(N)=S. The Bertz CT molecular complexity index is 493. The Morgan fingerprint density at radius 2 is 2.26 bits per heavy atom. The van der Waals surface area contributed by atoms with Crippen molar-refractivity contribution < 1.29 is 14.3 Å². The highest BCUT2D eigenvalue weighted by molar-refractivity contribution is 7.80. The van der Waals surface area contributed by atoms with Crippen LogP contribution in [0, 0.1) is 0 Å². The molecule has 1 atom stereocenters. The number of hydrogen-bond acceptors (Lipinski definition) is 5. The van der Waals surface area contributed by atoms with E-state index in [9.17, 15) is 4.79 Å². The summed E-state index contributed by atoms with van der Waals surface area (Å²) >= 11 is 5.06. The van der Waals surface area contributed by atoms with Gasteiger partial charge in [-0.05, 0) is 12.1 Å². The number of carbonyl (C=O) groups excluding carboxylic acids is 1. The molecule has 2 rings (SSSR count). The molecule has 5 nitrogen and oxygen atoms in total. The number of thiocarbonyl (C=S) groups is 1. The Labute approximate surface area is 117 Å². The van der Waals surface area contributed by atoms with E-state index in [0.29, 0.717) is 24.7 Å². The number of esters is 1. The zero-order valence-electron chi connectivity index (χ0n) is 10.7. The summed E-state index contributed by atoms with van der Waals surface area (Å²) in [6.45, 7) is 1.46. The zero-order valence-corrected chi connectivity index (χ0v) is 11.5. The topological polar surface area (TPSA) is 64.8 Å². The molecule has 1 heterocycles. The molecule has 1 aliphatic rings. The number of benzene rings is 1. The summed E-state index contributed by atoms with van der Waals surface area (Å²) in [6, 6.07) is 7.04. The maximum atomic E-state index is 11.8. The average molecular weight is 280 g/mol. The van der Waals surface area contributed by atoms with Gasteiger partial charge in [-0.2, -0.15) is 0 Å². The first-order valence-corrected chi connectivity index (χ1v) is 6.37. The van der Waals surface area contributed by atoms with Crippen LogP contribution in [0.4, 0.5) is 5.69 Å². The van der Waals surface area contributed by atoms with Gasteiger partial charge in [0.25, 0.3) is 0 Å². The third kappa shape index (κ3) is 2.85. The van der Waals surface area contributed by atoms with E-state index >= 15 is 0 Å². The molecule has 0 radical (unpaired) electrons. The van der Waals surface area contributed by atoms with Crippen LogP contribution in [-0.2, 0) is 14.3 Å². The molecule has 0 saturated carbocycles. The highest BCUT2D eigenvalue weighted by atomic mass is 32.1. The lowest BCUT2D eigenvalue weighted by Gasteiger charge is -2.36. The van der Waals surface area contributed by atoms with Crippen LogP contribution < -0.4 is 10.6 Å². The molecule has 1 unspecified atom stereocenters. The van der Waals surface area contributed by atoms with Gasteiger partial charge in [-0.25, -0.2) is 4.79 Å². The van der Waals surface area contributed by atoms with E-state index < -0.39 is 6.04 Å². The minimum Gasteiger partial charge on any atom is -0.467 e. The lowest BCUT2D eigenvalue weighted by Crippen LogP contribution is -2.51. The van der Waals surface area contributed by atoms with E-state index in [1.165, 1.54) is 7.11 Å². The maximum Gasteiger partial charge on any atom is 0.330 e. The molecule has 6 heteroatoms. The van der Waals surface area contributed by atoms with Gasteiger partial charge in [0.15, 0.2) is 6.04 Å². The van der Waals surface area contributed by atoms with Crippen molar-refractivity contribution in [2.45, 2.75) is 6.04 Å². The van der Waals surface area contributed by atoms with Gasteiger partial charge in [0.05, 0.1) is 20.3 Å². The van der Waals surface area contributed by atoms with Crippen molar-refractivity contribution in [3.05, 3.63) is 29.8 Å². The third-order valence-electron chi connectivity index (χ3n) is 3.08. The second-order valence-electron chi connectivity index (χ2n) is 4.19. The van der Waals surface area contributed by atoms with Gasteiger partial charge in [-0.3, -0.25) is 0 Å². The number of morpholine rings is 1. The first-order chi connectivity index (χ1) is 9.15. The smallest absolute Gasteiger partial charge is 0.330 e. The van der Waals surface area contributed by atoms with Crippen LogP contribution in [0.2, 0.25) is 0 Å². The Balaban J connectivity index is 2.37. The number of nitrogens with two attached hydrogens (primary N) is 1. The van der Waals surface area contributed by atoms with Crippen molar-refractivity contribution in [2.75, 3.05) is 31.8 Å². The van der Waals surface area contributed by atoms with Gasteiger partial charge in [0.2, 0.25) is 0 Å². The highest BCUT2D eigenvalue weighted by Crippen LogP contribution is 2.24. The number of hydrogen-bond donors (Lipinski definition) is 1. The minimum atomic E-state index is -0.464. The molecule has 0 spiro atoms. The normalized spacial score (nSPS) is 19.0. The highest BCUT2D eigenvalue weighted by Gasteiger charge is 2.31. The standard InChI is InChI=1S/C13H16N2O3S/c1-17-13(16)11-8-18-7-6-15(11)10-5-3-2-4-9(10)12(14)19/h2-5,11H,6-8H2,1H3,(H2,14,19). The van der Waals surface area contributed by atoms with E-state index in [2.05, 4.69) is 0 Å². The maximum absolute atomic E-state index is 11.8. The van der Waals surface area contributed by atoms with Gasteiger partial charge >= 0.3 is 5.97 Å². The summed E-state index contributed by atoms with van der Waals surface area (Å²) in [7, 11) is 1.37. The fraction of sp³-hybridized carbons (Fsp3) is 0.385. The number of para-hydroxylation sites is 1. The fourth-order valence-corrected chi connectivity index (χ4v) is 2.33. The van der Waals surface area contributed by atoms with Gasteiger partial charge in [0.1, 0.15) is 4.99 Å². The molecule has 1 aliphatic heterocycles. The van der Waals surface area contributed by atoms with E-state index in [4.69, 9.17) is 27.4 Å². The van der Waals surface area contributed by atoms with E-state index in [1.54, 1.807) is 0 Å². The zero-order chi connectivity index (χ0) is 13.8. The number of nitrogens with zero attached hydrogens (tertiary/aromatic N) is 1. The molecule has 1 aromatic carbocycles. The van der Waals surface area contributed by atoms with E-state index in [-0.39, 0.29) is 5.97 Å².